The second-order valence-corrected chi connectivity index (χ2v) is 5.53. The smallest absolute Gasteiger partial charge is 0.465 e. The zero-order valence-corrected chi connectivity index (χ0v) is 14.5. The first kappa shape index (κ1) is 19.8. The van der Waals surface area contributed by atoms with Gasteiger partial charge in [-0.25, -0.2) is 0 Å². The molecular weight excluding hydrogens is 393 g/mol. The maximum atomic E-state index is 12.6. The number of hydrogen-bond donors (Lipinski definition) is 2. The van der Waals surface area contributed by atoms with E-state index in [4.69, 9.17) is 8.83 Å². The van der Waals surface area contributed by atoms with E-state index in [1.165, 1.54) is 42.9 Å². The van der Waals surface area contributed by atoms with Crippen molar-refractivity contribution in [3.63, 3.8) is 0 Å². The lowest BCUT2D eigenvalue weighted by atomic mass is 10.2. The molecule has 2 aromatic heterocycles. The lowest BCUT2D eigenvalue weighted by Crippen LogP contribution is -2.30. The topological polar surface area (TPSA) is 93.7 Å². The van der Waals surface area contributed by atoms with Gasteiger partial charge in [0.2, 0.25) is 0 Å². The van der Waals surface area contributed by atoms with Crippen molar-refractivity contribution in [1.82, 2.24) is 5.32 Å². The van der Waals surface area contributed by atoms with Crippen molar-refractivity contribution in [2.24, 2.45) is 0 Å². The molecule has 3 aromatic rings. The third-order valence-electron chi connectivity index (χ3n) is 3.41. The Morgan fingerprint density at radius 3 is 2.24 bits per heavy atom. The van der Waals surface area contributed by atoms with Crippen molar-refractivity contribution in [1.29, 1.82) is 0 Å². The molecule has 0 aliphatic rings. The van der Waals surface area contributed by atoms with Crippen molar-refractivity contribution < 1.29 is 36.3 Å². The molecule has 3 rings (SSSR count). The minimum absolute atomic E-state index is 0.0169. The Morgan fingerprint density at radius 2 is 1.66 bits per heavy atom. The second-order valence-electron chi connectivity index (χ2n) is 5.53. The molecule has 0 aliphatic heterocycles. The van der Waals surface area contributed by atoms with Gasteiger partial charge in [0.1, 0.15) is 17.2 Å². The van der Waals surface area contributed by atoms with Crippen LogP contribution in [0.25, 0.3) is 6.08 Å². The van der Waals surface area contributed by atoms with Crippen molar-refractivity contribution in [3.8, 4) is 5.75 Å². The quantitative estimate of drug-likeness (QED) is 0.599. The van der Waals surface area contributed by atoms with Crippen molar-refractivity contribution >= 4 is 23.6 Å². The van der Waals surface area contributed by atoms with Gasteiger partial charge in [-0.15, -0.1) is 13.2 Å². The van der Waals surface area contributed by atoms with E-state index in [0.29, 0.717) is 5.76 Å². The number of amides is 2. The molecule has 0 unspecified atom stereocenters. The molecule has 2 amide bonds. The Kier molecular flexibility index (Phi) is 5.72. The van der Waals surface area contributed by atoms with E-state index >= 15 is 0 Å². The van der Waals surface area contributed by atoms with Crippen LogP contribution in [-0.4, -0.2) is 18.2 Å². The Labute approximate surface area is 161 Å². The van der Waals surface area contributed by atoms with Crippen LogP contribution in [0.15, 0.2) is 75.6 Å². The van der Waals surface area contributed by atoms with Gasteiger partial charge in [0, 0.05) is 11.8 Å². The number of ether oxygens (including phenoxy) is 1. The van der Waals surface area contributed by atoms with Crippen LogP contribution in [0.4, 0.5) is 18.9 Å². The largest absolute Gasteiger partial charge is 0.573 e. The molecule has 2 N–H and O–H groups in total. The van der Waals surface area contributed by atoms with E-state index in [1.807, 2.05) is 0 Å². The summed E-state index contributed by atoms with van der Waals surface area (Å²) >= 11 is 0. The predicted octanol–water partition coefficient (Wildman–Crippen LogP) is 4.18. The number of halogens is 3. The number of alkyl halides is 3. The zero-order chi connectivity index (χ0) is 20.9. The van der Waals surface area contributed by atoms with Gasteiger partial charge in [-0.1, -0.05) is 0 Å². The van der Waals surface area contributed by atoms with E-state index < -0.39 is 23.9 Å². The number of carbonyl (C=O) groups excluding carboxylic acids is 2. The van der Waals surface area contributed by atoms with Crippen LogP contribution in [0.3, 0.4) is 0 Å². The van der Waals surface area contributed by atoms with Gasteiger partial charge in [-0.2, -0.15) is 0 Å². The van der Waals surface area contributed by atoms with Gasteiger partial charge >= 0.3 is 6.36 Å². The highest BCUT2D eigenvalue weighted by molar-refractivity contribution is 6.10. The van der Waals surface area contributed by atoms with Crippen LogP contribution in [0, 0.1) is 0 Å². The summed E-state index contributed by atoms with van der Waals surface area (Å²) in [4.78, 5) is 24.8. The average Bonchev–Trinajstić information content (AvgIpc) is 3.35. The zero-order valence-electron chi connectivity index (χ0n) is 14.5. The monoisotopic (exact) mass is 406 g/mol. The normalized spacial score (nSPS) is 11.8. The van der Waals surface area contributed by atoms with E-state index in [0.717, 1.165) is 12.1 Å². The molecule has 0 saturated heterocycles. The van der Waals surface area contributed by atoms with E-state index in [2.05, 4.69) is 15.4 Å². The summed E-state index contributed by atoms with van der Waals surface area (Å²) in [6.45, 7) is 0. The first-order valence-electron chi connectivity index (χ1n) is 8.07. The highest BCUT2D eigenvalue weighted by Gasteiger charge is 2.31. The number of furan rings is 2. The molecule has 0 fully saturated rings. The Bertz CT molecular complexity index is 992. The molecule has 0 saturated carbocycles. The molecule has 7 nitrogen and oxygen atoms in total. The fourth-order valence-electron chi connectivity index (χ4n) is 2.20. The standard InChI is InChI=1S/C19H13F3N2O5/c20-19(21,22)29-13-7-5-12(6-8-13)23-17(25)15(11-14-3-1-9-27-14)24-18(26)16-4-2-10-28-16/h1-11H,(H,23,25)(H,24,26)/b15-11-. The molecule has 150 valence electrons. The highest BCUT2D eigenvalue weighted by Crippen LogP contribution is 2.24. The summed E-state index contributed by atoms with van der Waals surface area (Å²) < 4.78 is 50.6. The highest BCUT2D eigenvalue weighted by atomic mass is 19.4. The minimum atomic E-state index is -4.82. The van der Waals surface area contributed by atoms with Gasteiger partial charge in [-0.3, -0.25) is 9.59 Å². The Balaban J connectivity index is 1.75. The van der Waals surface area contributed by atoms with Crippen molar-refractivity contribution in [2.75, 3.05) is 5.32 Å². The summed E-state index contributed by atoms with van der Waals surface area (Å²) in [5.74, 6) is -1.56. The summed E-state index contributed by atoms with van der Waals surface area (Å²) in [5, 5.41) is 4.87. The van der Waals surface area contributed by atoms with Crippen LogP contribution < -0.4 is 15.4 Å². The van der Waals surface area contributed by atoms with Crippen molar-refractivity contribution in [3.05, 3.63) is 78.3 Å². The lowest BCUT2D eigenvalue weighted by Gasteiger charge is -2.11. The Hall–Kier alpha value is -3.95. The summed E-state index contributed by atoms with van der Waals surface area (Å²) in [7, 11) is 0. The number of anilines is 1. The molecule has 10 heteroatoms. The number of nitrogens with one attached hydrogen (secondary N) is 2. The molecular formula is C19H13F3N2O5. The van der Waals surface area contributed by atoms with E-state index in [9.17, 15) is 22.8 Å². The SMILES string of the molecule is O=C(Nc1ccc(OC(F)(F)F)cc1)/C(=C/c1ccco1)NC(=O)c1ccco1. The molecule has 1 aromatic carbocycles. The van der Waals surface area contributed by atoms with E-state index in [-0.39, 0.29) is 17.1 Å². The van der Waals surface area contributed by atoms with Crippen molar-refractivity contribution in [2.45, 2.75) is 6.36 Å². The maximum absolute atomic E-state index is 12.6. The summed E-state index contributed by atoms with van der Waals surface area (Å²) in [5.41, 5.74) is 0.0130. The minimum Gasteiger partial charge on any atom is -0.465 e. The molecule has 0 spiro atoms. The molecule has 0 aliphatic carbocycles. The van der Waals surface area contributed by atoms with E-state index in [1.54, 1.807) is 12.1 Å². The van der Waals surface area contributed by atoms with Gasteiger partial charge in [-0.05, 0) is 48.5 Å². The van der Waals surface area contributed by atoms with Crippen LogP contribution in [-0.2, 0) is 4.79 Å². The van der Waals surface area contributed by atoms with Crippen LogP contribution in [0.2, 0.25) is 0 Å². The Morgan fingerprint density at radius 1 is 0.966 bits per heavy atom. The lowest BCUT2D eigenvalue weighted by molar-refractivity contribution is -0.274. The fraction of sp³-hybridized carbons (Fsp3) is 0.0526. The first-order chi connectivity index (χ1) is 13.8. The number of rotatable bonds is 6. The fourth-order valence-corrected chi connectivity index (χ4v) is 2.20. The molecule has 2 heterocycles. The second kappa shape index (κ2) is 8.38. The summed E-state index contributed by atoms with van der Waals surface area (Å²) in [6, 6.07) is 10.6. The molecule has 0 radical (unpaired) electrons. The third-order valence-corrected chi connectivity index (χ3v) is 3.41. The first-order valence-corrected chi connectivity index (χ1v) is 8.07. The van der Waals surface area contributed by atoms with Gasteiger partial charge in [0.05, 0.1) is 12.5 Å². The van der Waals surface area contributed by atoms with Gasteiger partial charge < -0.3 is 24.2 Å². The molecule has 0 atom stereocenters. The summed E-state index contributed by atoms with van der Waals surface area (Å²) in [6.07, 6.45) is -0.846. The molecule has 29 heavy (non-hydrogen) atoms. The van der Waals surface area contributed by atoms with Crippen LogP contribution in [0.5, 0.6) is 5.75 Å². The van der Waals surface area contributed by atoms with Gasteiger partial charge in [0.25, 0.3) is 11.8 Å². The third kappa shape index (κ3) is 5.76. The average molecular weight is 406 g/mol. The van der Waals surface area contributed by atoms with Gasteiger partial charge in [0.15, 0.2) is 5.76 Å². The number of carbonyl (C=O) groups is 2. The van der Waals surface area contributed by atoms with Crippen LogP contribution >= 0.6 is 0 Å². The number of benzene rings is 1. The predicted molar refractivity (Wildman–Crippen MR) is 94.6 cm³/mol. The number of hydrogen-bond acceptors (Lipinski definition) is 5. The molecule has 0 bridgehead atoms. The van der Waals surface area contributed by atoms with Crippen LogP contribution in [0.1, 0.15) is 16.3 Å². The maximum Gasteiger partial charge on any atom is 0.573 e.